The van der Waals surface area contributed by atoms with E-state index in [-0.39, 0.29) is 28.4 Å². The molecule has 4 aromatic rings. The highest BCUT2D eigenvalue weighted by Gasteiger charge is 2.31. The van der Waals surface area contributed by atoms with E-state index in [4.69, 9.17) is 19.6 Å². The average molecular weight is 656 g/mol. The first kappa shape index (κ1) is 30.4. The summed E-state index contributed by atoms with van der Waals surface area (Å²) in [4.78, 5) is 37.4. The molecule has 42 heavy (non-hydrogen) atoms. The van der Waals surface area contributed by atoms with Crippen molar-refractivity contribution in [1.82, 2.24) is 19.9 Å². The van der Waals surface area contributed by atoms with Gasteiger partial charge < -0.3 is 24.5 Å². The summed E-state index contributed by atoms with van der Waals surface area (Å²) in [6.45, 7) is -0.584. The molecule has 0 spiro atoms. The highest BCUT2D eigenvalue weighted by atomic mass is 79.9. The number of hydrogen-bond acceptors (Lipinski definition) is 8. The van der Waals surface area contributed by atoms with Gasteiger partial charge in [0.25, 0.3) is 5.91 Å². The monoisotopic (exact) mass is 655 g/mol. The molecule has 0 aliphatic heterocycles. The maximum Gasteiger partial charge on any atom is 0.416 e. The second-order valence-electron chi connectivity index (χ2n) is 8.59. The Kier molecular flexibility index (Phi) is 9.04. The molecule has 1 unspecified atom stereocenters. The summed E-state index contributed by atoms with van der Waals surface area (Å²) in [5, 5.41) is 0. The van der Waals surface area contributed by atoms with Crippen LogP contribution in [-0.2, 0) is 17.5 Å². The summed E-state index contributed by atoms with van der Waals surface area (Å²) in [5.41, 5.74) is 3.90. The quantitative estimate of drug-likeness (QED) is 0.228. The summed E-state index contributed by atoms with van der Waals surface area (Å²) < 4.78 is 84.4. The number of nitrogens with two attached hydrogens (primary N) is 1. The molecule has 2 aromatic heterocycles. The lowest BCUT2D eigenvalue weighted by Gasteiger charge is -2.20. The third kappa shape index (κ3) is 6.99. The van der Waals surface area contributed by atoms with E-state index in [1.54, 1.807) is 6.07 Å². The number of benzene rings is 2. The van der Waals surface area contributed by atoms with Crippen LogP contribution in [0.5, 0.6) is 5.75 Å². The second kappa shape index (κ2) is 12.5. The van der Waals surface area contributed by atoms with E-state index in [1.165, 1.54) is 24.5 Å². The van der Waals surface area contributed by atoms with Gasteiger partial charge in [-0.2, -0.15) is 13.2 Å². The fourth-order valence-corrected chi connectivity index (χ4v) is 4.07. The Morgan fingerprint density at radius 1 is 1.12 bits per heavy atom. The van der Waals surface area contributed by atoms with Crippen LogP contribution in [0, 0.1) is 11.6 Å². The van der Waals surface area contributed by atoms with Crippen LogP contribution in [0.1, 0.15) is 33.6 Å². The molecular weight excluding hydrogens is 637 g/mol. The van der Waals surface area contributed by atoms with E-state index in [9.17, 15) is 31.5 Å². The number of carbonyl (C=O) groups excluding carboxylic acids is 2. The zero-order valence-corrected chi connectivity index (χ0v) is 22.9. The normalized spacial score (nSPS) is 12.1. The van der Waals surface area contributed by atoms with Gasteiger partial charge in [0, 0.05) is 18.8 Å². The van der Waals surface area contributed by atoms with Crippen LogP contribution in [-0.4, -0.2) is 45.5 Å². The number of halogens is 6. The van der Waals surface area contributed by atoms with E-state index < -0.39 is 59.4 Å². The van der Waals surface area contributed by atoms with Crippen molar-refractivity contribution in [2.24, 2.45) is 5.73 Å². The number of hydrogen-bond donors (Lipinski definition) is 1. The van der Waals surface area contributed by atoms with Gasteiger partial charge >= 0.3 is 12.3 Å². The second-order valence-corrected chi connectivity index (χ2v) is 9.31. The highest BCUT2D eigenvalue weighted by molar-refractivity contribution is 9.10. The summed E-state index contributed by atoms with van der Waals surface area (Å²) in [6.07, 6.45) is -4.12. The zero-order chi connectivity index (χ0) is 30.6. The number of oxazole rings is 1. The molecular formula is C26H19BrF5N5O5. The minimum Gasteiger partial charge on any atom is -0.474 e. The molecule has 0 fully saturated rings. The molecule has 0 radical (unpaired) electrons. The molecule has 0 saturated carbocycles. The van der Waals surface area contributed by atoms with Gasteiger partial charge in [-0.25, -0.2) is 28.5 Å². The molecule has 1 atom stereocenters. The number of nitrogens with zero attached hydrogens (tertiary/aromatic N) is 4. The van der Waals surface area contributed by atoms with E-state index >= 15 is 0 Å². The third-order valence-electron chi connectivity index (χ3n) is 5.65. The van der Waals surface area contributed by atoms with Crippen LogP contribution >= 0.6 is 15.9 Å². The van der Waals surface area contributed by atoms with E-state index in [0.29, 0.717) is 5.69 Å². The van der Waals surface area contributed by atoms with Crippen molar-refractivity contribution >= 4 is 27.9 Å². The Morgan fingerprint density at radius 3 is 2.45 bits per heavy atom. The number of alkyl halides is 3. The fourth-order valence-electron chi connectivity index (χ4n) is 3.59. The summed E-state index contributed by atoms with van der Waals surface area (Å²) >= 11 is 3.14. The first-order chi connectivity index (χ1) is 19.8. The van der Waals surface area contributed by atoms with Crippen LogP contribution in [0.3, 0.4) is 0 Å². The van der Waals surface area contributed by atoms with E-state index in [0.717, 1.165) is 36.4 Å². The molecule has 0 bridgehead atoms. The zero-order valence-electron chi connectivity index (χ0n) is 21.4. The van der Waals surface area contributed by atoms with E-state index in [1.807, 2.05) is 0 Å². The first-order valence-electron chi connectivity index (χ1n) is 11.8. The largest absolute Gasteiger partial charge is 0.474 e. The highest BCUT2D eigenvalue weighted by Crippen LogP contribution is 2.36. The number of amides is 2. The SMILES string of the molecule is CN(Cc1ccncn1)C(=O)OCC(Oc1ccc(F)c(C(N)=O)c1F)c1nc(-c2ccc(C(F)(F)F)cc2)c(Br)o1. The maximum absolute atomic E-state index is 15.0. The lowest BCUT2D eigenvalue weighted by molar-refractivity contribution is -0.137. The van der Waals surface area contributed by atoms with Crippen LogP contribution < -0.4 is 10.5 Å². The van der Waals surface area contributed by atoms with Gasteiger partial charge in [0.1, 0.15) is 30.0 Å². The number of ether oxygens (including phenoxy) is 2. The van der Waals surface area contributed by atoms with Gasteiger partial charge in [0.15, 0.2) is 16.2 Å². The lowest BCUT2D eigenvalue weighted by atomic mass is 10.1. The molecule has 0 saturated heterocycles. The van der Waals surface area contributed by atoms with Crippen molar-refractivity contribution in [3.05, 3.63) is 94.0 Å². The predicted octanol–water partition coefficient (Wildman–Crippen LogP) is 5.68. The van der Waals surface area contributed by atoms with Gasteiger partial charge in [-0.3, -0.25) is 4.79 Å². The molecule has 0 aliphatic rings. The fraction of sp³-hybridized carbons (Fsp3) is 0.192. The number of rotatable bonds is 9. The molecule has 16 heteroatoms. The molecule has 10 nitrogen and oxygen atoms in total. The number of primary amides is 1. The standard InChI is InChI=1S/C26H19BrF5N5O5/c1-37(10-15-8-9-34-12-35-15)25(39)40-11-18(41-17-7-6-16(28)19(20(17)29)23(33)38)24-36-21(22(27)42-24)13-2-4-14(5-3-13)26(30,31)32/h2-9,12,18H,10-11H2,1H3,(H2,33,38). The van der Waals surface area contributed by atoms with Crippen LogP contribution in [0.2, 0.25) is 0 Å². The summed E-state index contributed by atoms with van der Waals surface area (Å²) in [7, 11) is 1.42. The topological polar surface area (TPSA) is 134 Å². The number of carbonyl (C=O) groups is 2. The molecule has 0 aliphatic carbocycles. The lowest BCUT2D eigenvalue weighted by Crippen LogP contribution is -2.29. The van der Waals surface area contributed by atoms with Gasteiger partial charge in [-0.1, -0.05) is 12.1 Å². The maximum atomic E-state index is 15.0. The smallest absolute Gasteiger partial charge is 0.416 e. The Balaban J connectivity index is 1.62. The Bertz CT molecular complexity index is 1590. The number of aromatic nitrogens is 3. The minimum atomic E-state index is -4.56. The third-order valence-corrected chi connectivity index (χ3v) is 6.18. The summed E-state index contributed by atoms with van der Waals surface area (Å²) in [6, 6.07) is 7.21. The Labute approximate surface area is 242 Å². The van der Waals surface area contributed by atoms with Crippen LogP contribution in [0.4, 0.5) is 26.7 Å². The molecule has 220 valence electrons. The van der Waals surface area contributed by atoms with Crippen molar-refractivity contribution in [1.29, 1.82) is 0 Å². The minimum absolute atomic E-state index is 0.0320. The Morgan fingerprint density at radius 2 is 1.83 bits per heavy atom. The predicted molar refractivity (Wildman–Crippen MR) is 138 cm³/mol. The van der Waals surface area contributed by atoms with Gasteiger partial charge in [0.2, 0.25) is 12.0 Å². The van der Waals surface area contributed by atoms with Crippen molar-refractivity contribution < 1.29 is 45.4 Å². The first-order valence-corrected chi connectivity index (χ1v) is 12.6. The van der Waals surface area contributed by atoms with Crippen molar-refractivity contribution in [2.75, 3.05) is 13.7 Å². The molecule has 2 aromatic carbocycles. The van der Waals surface area contributed by atoms with Crippen molar-refractivity contribution in [3.8, 4) is 17.0 Å². The molecule has 4 rings (SSSR count). The van der Waals surface area contributed by atoms with Crippen molar-refractivity contribution in [3.63, 3.8) is 0 Å². The van der Waals surface area contributed by atoms with E-state index in [2.05, 4.69) is 30.9 Å². The molecule has 2 N–H and O–H groups in total. The summed E-state index contributed by atoms with van der Waals surface area (Å²) in [5.74, 6) is -5.00. The van der Waals surface area contributed by atoms with Gasteiger partial charge in [-0.05, 0) is 46.3 Å². The van der Waals surface area contributed by atoms with Crippen molar-refractivity contribution in [2.45, 2.75) is 18.8 Å². The van der Waals surface area contributed by atoms with Crippen LogP contribution in [0.15, 0.2) is 64.1 Å². The van der Waals surface area contributed by atoms with Crippen LogP contribution in [0.25, 0.3) is 11.3 Å². The average Bonchev–Trinajstić information content (AvgIpc) is 3.33. The molecule has 2 amide bonds. The Hall–Kier alpha value is -4.60. The van der Waals surface area contributed by atoms with Gasteiger partial charge in [-0.15, -0.1) is 0 Å². The van der Waals surface area contributed by atoms with Gasteiger partial charge in [0.05, 0.1) is 17.8 Å². The molecule has 2 heterocycles.